The number of epoxide rings is 1. The second kappa shape index (κ2) is 10.9. The summed E-state index contributed by atoms with van der Waals surface area (Å²) in [6.45, 7) is 2.60. The van der Waals surface area contributed by atoms with Gasteiger partial charge in [0.15, 0.2) is 0 Å². The van der Waals surface area contributed by atoms with Crippen molar-refractivity contribution in [1.29, 1.82) is 0 Å². The SMILES string of the molecule is CCCCCC(=O)NCC(=O)NCC1C(C/C=C\CCCC(=O)O)C2OC1C1OC21. The summed E-state index contributed by atoms with van der Waals surface area (Å²) in [5.41, 5.74) is 0. The highest BCUT2D eigenvalue weighted by Crippen LogP contribution is 2.54. The second-order valence-corrected chi connectivity index (χ2v) is 8.49. The lowest BCUT2D eigenvalue weighted by Crippen LogP contribution is -2.44. The van der Waals surface area contributed by atoms with E-state index in [1.807, 2.05) is 6.08 Å². The minimum atomic E-state index is -0.769. The fourth-order valence-corrected chi connectivity index (χ4v) is 4.59. The average Bonchev–Trinajstić information content (AvgIpc) is 3.34. The van der Waals surface area contributed by atoms with Crippen molar-refractivity contribution in [3.05, 3.63) is 12.2 Å². The first-order chi connectivity index (χ1) is 14.5. The molecule has 6 atom stereocenters. The molecule has 3 N–H and O–H groups in total. The fraction of sp³-hybridized carbons (Fsp3) is 0.773. The van der Waals surface area contributed by atoms with E-state index >= 15 is 0 Å². The van der Waals surface area contributed by atoms with Crippen LogP contribution in [0.2, 0.25) is 0 Å². The van der Waals surface area contributed by atoms with Crippen LogP contribution in [0.1, 0.15) is 58.3 Å². The fourth-order valence-electron chi connectivity index (χ4n) is 4.59. The van der Waals surface area contributed by atoms with Crippen molar-refractivity contribution in [3.8, 4) is 0 Å². The molecule has 3 aliphatic heterocycles. The van der Waals surface area contributed by atoms with Gasteiger partial charge in [0.1, 0.15) is 12.2 Å². The molecule has 0 radical (unpaired) electrons. The van der Waals surface area contributed by atoms with Crippen molar-refractivity contribution in [2.45, 2.75) is 82.7 Å². The highest BCUT2D eigenvalue weighted by molar-refractivity contribution is 5.84. The number of hydrogen-bond donors (Lipinski definition) is 3. The van der Waals surface area contributed by atoms with Crippen molar-refractivity contribution in [2.75, 3.05) is 13.1 Å². The first-order valence-electron chi connectivity index (χ1n) is 11.2. The number of fused-ring (bicyclic) bond motifs is 5. The number of allylic oxidation sites excluding steroid dienone is 2. The van der Waals surface area contributed by atoms with Gasteiger partial charge in [-0.2, -0.15) is 0 Å². The maximum atomic E-state index is 12.2. The third-order valence-corrected chi connectivity index (χ3v) is 6.24. The Morgan fingerprint density at radius 2 is 1.60 bits per heavy atom. The molecule has 168 valence electrons. The van der Waals surface area contributed by atoms with Crippen molar-refractivity contribution >= 4 is 17.8 Å². The predicted octanol–water partition coefficient (Wildman–Crippen LogP) is 1.78. The van der Waals surface area contributed by atoms with Crippen molar-refractivity contribution in [1.82, 2.24) is 10.6 Å². The molecule has 3 rings (SSSR count). The lowest BCUT2D eigenvalue weighted by Gasteiger charge is -2.25. The van der Waals surface area contributed by atoms with Crippen LogP contribution in [-0.2, 0) is 23.9 Å². The molecule has 0 aromatic rings. The van der Waals surface area contributed by atoms with E-state index < -0.39 is 5.97 Å². The Labute approximate surface area is 177 Å². The molecule has 3 saturated heterocycles. The maximum Gasteiger partial charge on any atom is 0.303 e. The number of aliphatic carboxylic acids is 1. The quantitative estimate of drug-likeness (QED) is 0.223. The average molecular weight is 423 g/mol. The summed E-state index contributed by atoms with van der Waals surface area (Å²) in [5, 5.41) is 14.3. The summed E-state index contributed by atoms with van der Waals surface area (Å²) >= 11 is 0. The van der Waals surface area contributed by atoms with Crippen LogP contribution in [0.4, 0.5) is 0 Å². The van der Waals surface area contributed by atoms with Crippen LogP contribution >= 0.6 is 0 Å². The number of carboxylic acids is 1. The first kappa shape index (κ1) is 22.7. The van der Waals surface area contributed by atoms with Gasteiger partial charge in [-0.15, -0.1) is 0 Å². The molecule has 0 spiro atoms. The zero-order valence-corrected chi connectivity index (χ0v) is 17.7. The van der Waals surface area contributed by atoms with Crippen LogP contribution in [0, 0.1) is 11.8 Å². The lowest BCUT2D eigenvalue weighted by molar-refractivity contribution is -0.137. The van der Waals surface area contributed by atoms with Crippen LogP contribution in [0.3, 0.4) is 0 Å². The molecule has 6 unspecified atom stereocenters. The molecule has 2 amide bonds. The van der Waals surface area contributed by atoms with Crippen molar-refractivity contribution in [3.63, 3.8) is 0 Å². The summed E-state index contributed by atoms with van der Waals surface area (Å²) < 4.78 is 11.8. The van der Waals surface area contributed by atoms with Crippen LogP contribution in [0.5, 0.6) is 0 Å². The Morgan fingerprint density at radius 3 is 2.33 bits per heavy atom. The highest BCUT2D eigenvalue weighted by atomic mass is 16.7. The molecule has 0 saturated carbocycles. The van der Waals surface area contributed by atoms with Crippen LogP contribution in [-0.4, -0.2) is 60.4 Å². The van der Waals surface area contributed by atoms with Gasteiger partial charge in [0, 0.05) is 25.3 Å². The van der Waals surface area contributed by atoms with Gasteiger partial charge in [0.05, 0.1) is 18.8 Å². The number of amides is 2. The molecular formula is C22H34N2O6. The summed E-state index contributed by atoms with van der Waals surface area (Å²) in [6.07, 6.45) is 10.4. The monoisotopic (exact) mass is 422 g/mol. The van der Waals surface area contributed by atoms with Gasteiger partial charge in [0.25, 0.3) is 0 Å². The standard InChI is InChI=1S/C22H34N2O6/c1-2-3-6-10-16(25)24-13-17(26)23-12-15-14(9-7-4-5-8-11-18(27)28)19-21-22(30-21)20(15)29-19/h4,7,14-15,19-22H,2-3,5-6,8-13H2,1H3,(H,23,26)(H,24,25)(H,27,28)/b7-4-. The van der Waals surface area contributed by atoms with Gasteiger partial charge in [-0.3, -0.25) is 14.4 Å². The van der Waals surface area contributed by atoms with E-state index in [1.165, 1.54) is 0 Å². The van der Waals surface area contributed by atoms with Gasteiger partial charge in [-0.25, -0.2) is 0 Å². The molecule has 30 heavy (non-hydrogen) atoms. The summed E-state index contributed by atoms with van der Waals surface area (Å²) in [4.78, 5) is 34.5. The summed E-state index contributed by atoms with van der Waals surface area (Å²) in [5.74, 6) is -0.570. The number of nitrogens with one attached hydrogen (secondary N) is 2. The van der Waals surface area contributed by atoms with Gasteiger partial charge in [-0.05, 0) is 31.6 Å². The molecule has 0 aromatic carbocycles. The van der Waals surface area contributed by atoms with Gasteiger partial charge >= 0.3 is 5.97 Å². The Bertz CT molecular complexity index is 652. The van der Waals surface area contributed by atoms with Crippen LogP contribution < -0.4 is 10.6 Å². The molecule has 3 aliphatic rings. The summed E-state index contributed by atoms with van der Waals surface area (Å²) in [7, 11) is 0. The number of carbonyl (C=O) groups is 3. The van der Waals surface area contributed by atoms with E-state index in [4.69, 9.17) is 14.6 Å². The predicted molar refractivity (Wildman–Crippen MR) is 110 cm³/mol. The number of rotatable bonds is 14. The normalized spacial score (nSPS) is 31.0. The third kappa shape index (κ3) is 6.04. The number of carbonyl (C=O) groups excluding carboxylic acids is 2. The largest absolute Gasteiger partial charge is 0.481 e. The van der Waals surface area contributed by atoms with Crippen LogP contribution in [0.25, 0.3) is 0 Å². The van der Waals surface area contributed by atoms with E-state index in [0.717, 1.165) is 32.1 Å². The van der Waals surface area contributed by atoms with E-state index in [2.05, 4.69) is 23.6 Å². The second-order valence-electron chi connectivity index (χ2n) is 8.49. The Morgan fingerprint density at radius 1 is 0.867 bits per heavy atom. The molecule has 0 aliphatic carbocycles. The smallest absolute Gasteiger partial charge is 0.303 e. The van der Waals surface area contributed by atoms with Crippen LogP contribution in [0.15, 0.2) is 12.2 Å². The lowest BCUT2D eigenvalue weighted by atomic mass is 9.77. The summed E-state index contributed by atoms with van der Waals surface area (Å²) in [6, 6.07) is 0. The zero-order valence-electron chi connectivity index (χ0n) is 17.7. The van der Waals surface area contributed by atoms with Crippen molar-refractivity contribution in [2.24, 2.45) is 11.8 Å². The zero-order chi connectivity index (χ0) is 21.5. The third-order valence-electron chi connectivity index (χ3n) is 6.24. The number of carboxylic acid groups (broad SMARTS) is 1. The number of hydrogen-bond acceptors (Lipinski definition) is 5. The first-order valence-corrected chi connectivity index (χ1v) is 11.2. The molecule has 0 aromatic heterocycles. The topological polar surface area (TPSA) is 117 Å². The number of ether oxygens (including phenoxy) is 2. The molecule has 3 fully saturated rings. The molecule has 8 heteroatoms. The molecule has 8 nitrogen and oxygen atoms in total. The van der Waals surface area contributed by atoms with Gasteiger partial charge in [0.2, 0.25) is 11.8 Å². The minimum Gasteiger partial charge on any atom is -0.481 e. The van der Waals surface area contributed by atoms with E-state index in [0.29, 0.717) is 19.4 Å². The van der Waals surface area contributed by atoms with Gasteiger partial charge in [-0.1, -0.05) is 31.9 Å². The van der Waals surface area contributed by atoms with E-state index in [1.54, 1.807) is 0 Å². The Balaban J connectivity index is 1.39. The Kier molecular flexibility index (Phi) is 8.27. The van der Waals surface area contributed by atoms with E-state index in [-0.39, 0.29) is 61.0 Å². The molecule has 2 bridgehead atoms. The minimum absolute atomic E-state index is 0.00330. The number of unbranched alkanes of at least 4 members (excludes halogenated alkanes) is 3. The van der Waals surface area contributed by atoms with E-state index in [9.17, 15) is 14.4 Å². The highest BCUT2D eigenvalue weighted by Gasteiger charge is 2.68. The maximum absolute atomic E-state index is 12.2. The molecule has 3 heterocycles. The molecular weight excluding hydrogens is 388 g/mol. The van der Waals surface area contributed by atoms with Gasteiger partial charge < -0.3 is 25.2 Å². The Hall–Kier alpha value is -1.93. The van der Waals surface area contributed by atoms with Crippen molar-refractivity contribution < 1.29 is 29.0 Å².